The van der Waals surface area contributed by atoms with Crippen LogP contribution in [0.3, 0.4) is 0 Å². The Morgan fingerprint density at radius 3 is 2.80 bits per heavy atom. The Morgan fingerprint density at radius 1 is 1.20 bits per heavy atom. The average Bonchev–Trinajstić information content (AvgIpc) is 2.46. The highest BCUT2D eigenvalue weighted by Gasteiger charge is 2.24. The molecule has 0 aromatic heterocycles. The van der Waals surface area contributed by atoms with Crippen molar-refractivity contribution in [3.8, 4) is 0 Å². The molecule has 1 aliphatic rings. The number of hydrogen-bond donors (Lipinski definition) is 2. The molecule has 3 rings (SSSR count). The van der Waals surface area contributed by atoms with E-state index < -0.39 is 0 Å². The van der Waals surface area contributed by atoms with Gasteiger partial charge in [-0.2, -0.15) is 0 Å². The molecule has 20 heavy (non-hydrogen) atoms. The summed E-state index contributed by atoms with van der Waals surface area (Å²) in [6, 6.07) is 13.3. The number of fused-ring (bicyclic) bond motifs is 1. The van der Waals surface area contributed by atoms with Crippen LogP contribution in [0.2, 0.25) is 0 Å². The third kappa shape index (κ3) is 2.30. The number of benzene rings is 2. The van der Waals surface area contributed by atoms with Gasteiger partial charge >= 0.3 is 0 Å². The van der Waals surface area contributed by atoms with Gasteiger partial charge in [-0.05, 0) is 30.3 Å². The van der Waals surface area contributed by atoms with E-state index in [1.165, 1.54) is 0 Å². The van der Waals surface area contributed by atoms with Crippen molar-refractivity contribution in [3.05, 3.63) is 52.5 Å². The summed E-state index contributed by atoms with van der Waals surface area (Å²) in [6.07, 6.45) is 0. The minimum Gasteiger partial charge on any atom is -0.392 e. The number of aliphatic hydroxyl groups excluding tert-OH is 1. The van der Waals surface area contributed by atoms with E-state index in [-0.39, 0.29) is 19.1 Å². The molecule has 0 spiro atoms. The first-order valence-corrected chi connectivity index (χ1v) is 7.04. The number of carbonyl (C=O) groups is 1. The molecule has 102 valence electrons. The maximum absolute atomic E-state index is 11.9. The third-order valence-corrected chi connectivity index (χ3v) is 3.77. The van der Waals surface area contributed by atoms with E-state index >= 15 is 0 Å². The van der Waals surface area contributed by atoms with Crippen molar-refractivity contribution in [3.63, 3.8) is 0 Å². The Bertz CT molecular complexity index is 673. The summed E-state index contributed by atoms with van der Waals surface area (Å²) in [5, 5.41) is 12.4. The molecule has 2 aromatic carbocycles. The summed E-state index contributed by atoms with van der Waals surface area (Å²) in [5.41, 5.74) is 3.35. The van der Waals surface area contributed by atoms with Gasteiger partial charge in [0.2, 0.25) is 5.91 Å². The number of rotatable bonds is 2. The molecule has 1 aliphatic heterocycles. The number of amides is 1. The van der Waals surface area contributed by atoms with E-state index in [4.69, 9.17) is 0 Å². The number of nitrogens with one attached hydrogen (secondary N) is 1. The van der Waals surface area contributed by atoms with Crippen LogP contribution in [0.4, 0.5) is 17.1 Å². The zero-order valence-corrected chi connectivity index (χ0v) is 12.2. The molecule has 5 heteroatoms. The average molecular weight is 333 g/mol. The highest BCUT2D eigenvalue weighted by molar-refractivity contribution is 9.10. The van der Waals surface area contributed by atoms with Crippen molar-refractivity contribution in [2.24, 2.45) is 0 Å². The standard InChI is InChI=1S/C15H13BrN2O2/c16-11-5-6-13(10(7-11)9-19)18-8-15(20)17-12-3-1-2-4-14(12)18/h1-7,19H,8-9H2,(H,17,20). The van der Waals surface area contributed by atoms with Gasteiger partial charge in [0.05, 0.1) is 18.0 Å². The van der Waals surface area contributed by atoms with Gasteiger partial charge in [0.1, 0.15) is 6.54 Å². The zero-order chi connectivity index (χ0) is 14.1. The van der Waals surface area contributed by atoms with Crippen molar-refractivity contribution >= 4 is 38.9 Å². The van der Waals surface area contributed by atoms with Gasteiger partial charge in [-0.25, -0.2) is 0 Å². The van der Waals surface area contributed by atoms with Gasteiger partial charge in [0, 0.05) is 15.7 Å². The number of hydrogen-bond acceptors (Lipinski definition) is 3. The van der Waals surface area contributed by atoms with Crippen LogP contribution in [-0.4, -0.2) is 17.6 Å². The van der Waals surface area contributed by atoms with E-state index in [1.54, 1.807) is 0 Å². The molecule has 0 saturated heterocycles. The van der Waals surface area contributed by atoms with Gasteiger partial charge in [-0.3, -0.25) is 4.79 Å². The van der Waals surface area contributed by atoms with E-state index in [1.807, 2.05) is 47.4 Å². The maximum atomic E-state index is 11.9. The number of halogens is 1. The van der Waals surface area contributed by atoms with E-state index in [9.17, 15) is 9.90 Å². The second-order valence-electron chi connectivity index (χ2n) is 4.58. The van der Waals surface area contributed by atoms with Crippen molar-refractivity contribution < 1.29 is 9.90 Å². The molecule has 4 nitrogen and oxygen atoms in total. The molecule has 2 aromatic rings. The Morgan fingerprint density at radius 2 is 2.00 bits per heavy atom. The van der Waals surface area contributed by atoms with Gasteiger partial charge < -0.3 is 15.3 Å². The summed E-state index contributed by atoms with van der Waals surface area (Å²) < 4.78 is 0.903. The molecule has 0 fully saturated rings. The van der Waals surface area contributed by atoms with Crippen LogP contribution in [0.1, 0.15) is 5.56 Å². The molecular weight excluding hydrogens is 320 g/mol. The fraction of sp³-hybridized carbons (Fsp3) is 0.133. The summed E-state index contributed by atoms with van der Waals surface area (Å²) in [6.45, 7) is 0.167. The SMILES string of the molecule is O=C1CN(c2ccc(Br)cc2CO)c2ccccc2N1. The molecule has 0 bridgehead atoms. The molecule has 0 atom stereocenters. The topological polar surface area (TPSA) is 52.6 Å². The lowest BCUT2D eigenvalue weighted by Crippen LogP contribution is -2.35. The molecule has 1 amide bonds. The Labute approximate surface area is 125 Å². The number of anilines is 3. The van der Waals surface area contributed by atoms with Crippen LogP contribution in [0.25, 0.3) is 0 Å². The van der Waals surface area contributed by atoms with Gasteiger partial charge in [-0.1, -0.05) is 28.1 Å². The summed E-state index contributed by atoms with van der Waals surface area (Å²) in [4.78, 5) is 13.8. The van der Waals surface area contributed by atoms with Crippen molar-refractivity contribution in [1.29, 1.82) is 0 Å². The summed E-state index contributed by atoms with van der Waals surface area (Å²) >= 11 is 3.40. The fourth-order valence-electron chi connectivity index (χ4n) is 2.39. The molecule has 0 saturated carbocycles. The predicted octanol–water partition coefficient (Wildman–Crippen LogP) is 3.03. The second-order valence-corrected chi connectivity index (χ2v) is 5.50. The summed E-state index contributed by atoms with van der Waals surface area (Å²) in [7, 11) is 0. The van der Waals surface area contributed by atoms with Crippen molar-refractivity contribution in [2.75, 3.05) is 16.8 Å². The first kappa shape index (κ1) is 13.1. The molecule has 0 radical (unpaired) electrons. The zero-order valence-electron chi connectivity index (χ0n) is 10.6. The van der Waals surface area contributed by atoms with E-state index in [2.05, 4.69) is 21.2 Å². The maximum Gasteiger partial charge on any atom is 0.244 e. The largest absolute Gasteiger partial charge is 0.392 e. The molecule has 2 N–H and O–H groups in total. The first-order valence-electron chi connectivity index (χ1n) is 6.25. The van der Waals surface area contributed by atoms with Crippen LogP contribution in [0.15, 0.2) is 46.9 Å². The number of nitrogens with zero attached hydrogens (tertiary/aromatic N) is 1. The van der Waals surface area contributed by atoms with Gasteiger partial charge in [0.25, 0.3) is 0 Å². The minimum atomic E-state index is -0.0743. The monoisotopic (exact) mass is 332 g/mol. The number of aliphatic hydroxyl groups is 1. The number of carbonyl (C=O) groups excluding carboxylic acids is 1. The fourth-order valence-corrected chi connectivity index (χ4v) is 2.80. The van der Waals surface area contributed by atoms with Crippen molar-refractivity contribution in [2.45, 2.75) is 6.61 Å². The van der Waals surface area contributed by atoms with Crippen LogP contribution >= 0.6 is 15.9 Å². The quantitative estimate of drug-likeness (QED) is 0.888. The minimum absolute atomic E-state index is 0.0597. The second kappa shape index (κ2) is 5.26. The lowest BCUT2D eigenvalue weighted by Gasteiger charge is -2.32. The third-order valence-electron chi connectivity index (χ3n) is 3.27. The molecule has 1 heterocycles. The number of para-hydroxylation sites is 2. The molecule has 0 unspecified atom stereocenters. The smallest absolute Gasteiger partial charge is 0.244 e. The Balaban J connectivity index is 2.13. The lowest BCUT2D eigenvalue weighted by molar-refractivity contribution is -0.115. The Hall–Kier alpha value is -1.85. The first-order chi connectivity index (χ1) is 9.69. The van der Waals surface area contributed by atoms with Crippen LogP contribution in [-0.2, 0) is 11.4 Å². The van der Waals surface area contributed by atoms with Crippen LogP contribution < -0.4 is 10.2 Å². The summed E-state index contributed by atoms with van der Waals surface area (Å²) in [5.74, 6) is -0.0597. The normalized spacial score (nSPS) is 13.9. The highest BCUT2D eigenvalue weighted by atomic mass is 79.9. The Kier molecular flexibility index (Phi) is 3.46. The van der Waals surface area contributed by atoms with Crippen molar-refractivity contribution in [1.82, 2.24) is 0 Å². The molecular formula is C15H13BrN2O2. The van der Waals surface area contributed by atoms with E-state index in [0.29, 0.717) is 0 Å². The lowest BCUT2D eigenvalue weighted by atomic mass is 10.1. The molecule has 0 aliphatic carbocycles. The predicted molar refractivity (Wildman–Crippen MR) is 82.1 cm³/mol. The van der Waals surface area contributed by atoms with E-state index in [0.717, 1.165) is 27.1 Å². The van der Waals surface area contributed by atoms with Gasteiger partial charge in [-0.15, -0.1) is 0 Å². The van der Waals surface area contributed by atoms with Crippen LogP contribution in [0.5, 0.6) is 0 Å². The van der Waals surface area contributed by atoms with Gasteiger partial charge in [0.15, 0.2) is 0 Å². The van der Waals surface area contributed by atoms with Crippen LogP contribution in [0, 0.1) is 0 Å². The highest BCUT2D eigenvalue weighted by Crippen LogP contribution is 2.37.